The van der Waals surface area contributed by atoms with Crippen LogP contribution in [0.15, 0.2) is 18.2 Å². The number of nitrogens with zero attached hydrogens (tertiary/aromatic N) is 1. The van der Waals surface area contributed by atoms with Gasteiger partial charge in [0.1, 0.15) is 0 Å². The fraction of sp³-hybridized carbons (Fsp3) is 0.500. The lowest BCUT2D eigenvalue weighted by Crippen LogP contribution is -2.18. The molecule has 17 heavy (non-hydrogen) atoms. The second kappa shape index (κ2) is 5.03. The van der Waals surface area contributed by atoms with Crippen molar-refractivity contribution in [3.63, 3.8) is 0 Å². The molecule has 1 rings (SSSR count). The van der Waals surface area contributed by atoms with Crippen LogP contribution in [0.5, 0.6) is 5.75 Å². The summed E-state index contributed by atoms with van der Waals surface area (Å²) in [5.41, 5.74) is 0.950. The first kappa shape index (κ1) is 13.3. The van der Waals surface area contributed by atoms with Crippen LogP contribution in [0.25, 0.3) is 0 Å². The molecule has 1 aromatic rings. The molecule has 0 saturated heterocycles. The van der Waals surface area contributed by atoms with Gasteiger partial charge in [-0.3, -0.25) is 10.1 Å². The molecule has 0 aliphatic carbocycles. The molecule has 5 heteroatoms. The maximum absolute atomic E-state index is 10.7. The van der Waals surface area contributed by atoms with Gasteiger partial charge in [-0.25, -0.2) is 0 Å². The third kappa shape index (κ3) is 3.94. The number of methoxy groups -OCH3 is 1. The molecule has 0 unspecified atom stereocenters. The smallest absolute Gasteiger partial charge is 0.311 e. The van der Waals surface area contributed by atoms with E-state index >= 15 is 0 Å². The lowest BCUT2D eigenvalue weighted by molar-refractivity contribution is -0.385. The molecule has 0 atom stereocenters. The first-order valence-corrected chi connectivity index (χ1v) is 5.40. The summed E-state index contributed by atoms with van der Waals surface area (Å²) in [4.78, 5) is 10.3. The summed E-state index contributed by atoms with van der Waals surface area (Å²) in [6.45, 7) is 7.13. The van der Waals surface area contributed by atoms with E-state index < -0.39 is 4.92 Å². The van der Waals surface area contributed by atoms with E-state index in [0.29, 0.717) is 0 Å². The van der Waals surface area contributed by atoms with Crippen molar-refractivity contribution in [2.45, 2.75) is 20.8 Å². The van der Waals surface area contributed by atoms with Crippen molar-refractivity contribution in [3.8, 4) is 5.75 Å². The van der Waals surface area contributed by atoms with Crippen molar-refractivity contribution >= 4 is 11.4 Å². The van der Waals surface area contributed by atoms with Crippen LogP contribution >= 0.6 is 0 Å². The summed E-state index contributed by atoms with van der Waals surface area (Å²) in [6, 6.07) is 4.78. The Morgan fingerprint density at radius 2 is 2.06 bits per heavy atom. The van der Waals surface area contributed by atoms with E-state index in [-0.39, 0.29) is 16.9 Å². The highest BCUT2D eigenvalue weighted by Crippen LogP contribution is 2.30. The van der Waals surface area contributed by atoms with E-state index in [2.05, 4.69) is 26.1 Å². The summed E-state index contributed by atoms with van der Waals surface area (Å²) in [5.74, 6) is 0.272. The van der Waals surface area contributed by atoms with E-state index in [0.717, 1.165) is 12.2 Å². The van der Waals surface area contributed by atoms with Crippen molar-refractivity contribution < 1.29 is 9.66 Å². The third-order valence-corrected chi connectivity index (χ3v) is 2.20. The topological polar surface area (TPSA) is 64.4 Å². The molecule has 1 aromatic carbocycles. The van der Waals surface area contributed by atoms with Crippen LogP contribution in [-0.4, -0.2) is 18.6 Å². The Morgan fingerprint density at radius 1 is 1.41 bits per heavy atom. The number of nitro groups is 1. The number of nitro benzene ring substituents is 1. The first-order valence-electron chi connectivity index (χ1n) is 5.40. The molecule has 0 aromatic heterocycles. The Balaban J connectivity index is 2.87. The predicted molar refractivity (Wildman–Crippen MR) is 67.6 cm³/mol. The Kier molecular flexibility index (Phi) is 3.93. The first-order chi connectivity index (χ1) is 7.83. The number of rotatable bonds is 4. The van der Waals surface area contributed by atoms with Crippen LogP contribution in [0.3, 0.4) is 0 Å². The van der Waals surface area contributed by atoms with E-state index in [1.165, 1.54) is 13.2 Å². The van der Waals surface area contributed by atoms with Crippen molar-refractivity contribution in [2.75, 3.05) is 19.0 Å². The maximum Gasteiger partial charge on any atom is 0.311 e. The van der Waals surface area contributed by atoms with Gasteiger partial charge in [-0.05, 0) is 11.5 Å². The minimum Gasteiger partial charge on any atom is -0.490 e. The fourth-order valence-corrected chi connectivity index (χ4v) is 1.31. The van der Waals surface area contributed by atoms with Gasteiger partial charge in [0.25, 0.3) is 0 Å². The van der Waals surface area contributed by atoms with Gasteiger partial charge in [0.2, 0.25) is 0 Å². The van der Waals surface area contributed by atoms with E-state index in [1.807, 2.05) is 0 Å². The van der Waals surface area contributed by atoms with E-state index in [1.54, 1.807) is 12.1 Å². The van der Waals surface area contributed by atoms with Gasteiger partial charge in [-0.2, -0.15) is 0 Å². The Morgan fingerprint density at radius 3 is 2.53 bits per heavy atom. The van der Waals surface area contributed by atoms with Crippen LogP contribution < -0.4 is 10.1 Å². The number of hydrogen-bond donors (Lipinski definition) is 1. The zero-order valence-corrected chi connectivity index (χ0v) is 10.6. The minimum absolute atomic E-state index is 0.0196. The number of anilines is 1. The lowest BCUT2D eigenvalue weighted by Gasteiger charge is -2.19. The number of nitrogens with one attached hydrogen (secondary N) is 1. The highest BCUT2D eigenvalue weighted by atomic mass is 16.6. The highest BCUT2D eigenvalue weighted by molar-refractivity contribution is 5.58. The second-order valence-electron chi connectivity index (χ2n) is 5.06. The van der Waals surface area contributed by atoms with Crippen LogP contribution in [0.4, 0.5) is 11.4 Å². The molecule has 0 spiro atoms. The average Bonchev–Trinajstić information content (AvgIpc) is 2.24. The molecular formula is C12H18N2O3. The highest BCUT2D eigenvalue weighted by Gasteiger charge is 2.15. The van der Waals surface area contributed by atoms with Gasteiger partial charge in [-0.1, -0.05) is 20.8 Å². The molecule has 94 valence electrons. The standard InChI is InChI=1S/C12H18N2O3/c1-12(2,3)8-13-9-5-6-10(14(15)16)11(7-9)17-4/h5-7,13H,8H2,1-4H3. The quantitative estimate of drug-likeness (QED) is 0.646. The molecule has 0 heterocycles. The van der Waals surface area contributed by atoms with Crippen LogP contribution in [0, 0.1) is 15.5 Å². The number of benzene rings is 1. The van der Waals surface area contributed by atoms with Crippen LogP contribution in [0.1, 0.15) is 20.8 Å². The minimum atomic E-state index is -0.452. The molecular weight excluding hydrogens is 220 g/mol. The van der Waals surface area contributed by atoms with Gasteiger partial charge < -0.3 is 10.1 Å². The molecule has 0 radical (unpaired) electrons. The third-order valence-electron chi connectivity index (χ3n) is 2.20. The summed E-state index contributed by atoms with van der Waals surface area (Å²) in [5, 5.41) is 13.9. The maximum atomic E-state index is 10.7. The predicted octanol–water partition coefficient (Wildman–Crippen LogP) is 3.06. The average molecular weight is 238 g/mol. The number of ether oxygens (including phenoxy) is 1. The Hall–Kier alpha value is -1.78. The zero-order valence-electron chi connectivity index (χ0n) is 10.6. The number of hydrogen-bond acceptors (Lipinski definition) is 4. The van der Waals surface area contributed by atoms with Gasteiger partial charge in [0.05, 0.1) is 12.0 Å². The molecule has 0 bridgehead atoms. The Labute approximate surface area is 101 Å². The molecule has 0 amide bonds. The van der Waals surface area contributed by atoms with Crippen molar-refractivity contribution in [1.29, 1.82) is 0 Å². The summed E-state index contributed by atoms with van der Waals surface area (Å²) >= 11 is 0. The molecule has 0 saturated carbocycles. The molecule has 0 aliphatic rings. The van der Waals surface area contributed by atoms with Gasteiger partial charge in [-0.15, -0.1) is 0 Å². The van der Waals surface area contributed by atoms with Gasteiger partial charge in [0, 0.05) is 24.4 Å². The van der Waals surface area contributed by atoms with Crippen molar-refractivity contribution in [1.82, 2.24) is 0 Å². The van der Waals surface area contributed by atoms with E-state index in [4.69, 9.17) is 4.74 Å². The van der Waals surface area contributed by atoms with Crippen LogP contribution in [0.2, 0.25) is 0 Å². The zero-order chi connectivity index (χ0) is 13.1. The summed E-state index contributed by atoms with van der Waals surface area (Å²) in [7, 11) is 1.43. The normalized spacial score (nSPS) is 11.1. The monoisotopic (exact) mass is 238 g/mol. The van der Waals surface area contributed by atoms with Crippen LogP contribution in [-0.2, 0) is 0 Å². The lowest BCUT2D eigenvalue weighted by atomic mass is 9.97. The molecule has 0 fully saturated rings. The molecule has 0 aliphatic heterocycles. The second-order valence-corrected chi connectivity index (χ2v) is 5.06. The molecule has 5 nitrogen and oxygen atoms in total. The van der Waals surface area contributed by atoms with Gasteiger partial charge in [0.15, 0.2) is 5.75 Å². The SMILES string of the molecule is COc1cc(NCC(C)(C)C)ccc1[N+](=O)[O-]. The largest absolute Gasteiger partial charge is 0.490 e. The Bertz CT molecular complexity index is 411. The van der Waals surface area contributed by atoms with E-state index in [9.17, 15) is 10.1 Å². The van der Waals surface area contributed by atoms with Gasteiger partial charge >= 0.3 is 5.69 Å². The summed E-state index contributed by atoms with van der Waals surface area (Å²) in [6.07, 6.45) is 0. The van der Waals surface area contributed by atoms with Crippen molar-refractivity contribution in [3.05, 3.63) is 28.3 Å². The van der Waals surface area contributed by atoms with Crippen molar-refractivity contribution in [2.24, 2.45) is 5.41 Å². The fourth-order valence-electron chi connectivity index (χ4n) is 1.31. The summed E-state index contributed by atoms with van der Waals surface area (Å²) < 4.78 is 5.00. The molecule has 1 N–H and O–H groups in total.